The van der Waals surface area contributed by atoms with Crippen molar-refractivity contribution in [3.8, 4) is 5.88 Å². The summed E-state index contributed by atoms with van der Waals surface area (Å²) < 4.78 is 18.6. The predicted octanol–water partition coefficient (Wildman–Crippen LogP) is 2.89. The third kappa shape index (κ3) is 3.91. The fourth-order valence-corrected chi connectivity index (χ4v) is 3.49. The largest absolute Gasteiger partial charge is 0.472 e. The van der Waals surface area contributed by atoms with E-state index < -0.39 is 0 Å². The lowest BCUT2D eigenvalue weighted by molar-refractivity contribution is 0.0607. The molecule has 1 fully saturated rings. The lowest BCUT2D eigenvalue weighted by Crippen LogP contribution is -2.29. The number of ether oxygens (including phenoxy) is 3. The van der Waals surface area contributed by atoms with Gasteiger partial charge in [0.25, 0.3) is 5.88 Å². The van der Waals surface area contributed by atoms with Gasteiger partial charge in [0.05, 0.1) is 12.2 Å². The number of methoxy groups -OCH3 is 1. The summed E-state index contributed by atoms with van der Waals surface area (Å²) in [6.45, 7) is 2.12. The summed E-state index contributed by atoms with van der Waals surface area (Å²) in [5.41, 5.74) is 0.521. The van der Waals surface area contributed by atoms with Crippen molar-refractivity contribution in [1.82, 2.24) is 19.7 Å². The number of nitrogens with zero attached hydrogens (tertiary/aromatic N) is 4. The van der Waals surface area contributed by atoms with E-state index in [4.69, 9.17) is 37.4 Å². The summed E-state index contributed by atoms with van der Waals surface area (Å²) in [6.07, 6.45) is 2.98. The van der Waals surface area contributed by atoms with Crippen LogP contribution in [0.2, 0.25) is 10.2 Å². The van der Waals surface area contributed by atoms with Gasteiger partial charge in [0.1, 0.15) is 23.4 Å². The maximum absolute atomic E-state index is 6.64. The highest BCUT2D eigenvalue weighted by atomic mass is 35.5. The molecule has 4 rings (SSSR count). The van der Waals surface area contributed by atoms with Crippen molar-refractivity contribution in [2.75, 3.05) is 44.1 Å². The first-order valence-electron chi connectivity index (χ1n) is 8.70. The van der Waals surface area contributed by atoms with Crippen molar-refractivity contribution in [2.24, 2.45) is 0 Å². The minimum absolute atomic E-state index is 0.152. The number of hydrogen-bond donors (Lipinski definition) is 2. The molecule has 4 heterocycles. The van der Waals surface area contributed by atoms with E-state index >= 15 is 0 Å². The van der Waals surface area contributed by atoms with Gasteiger partial charge in [-0.3, -0.25) is 0 Å². The van der Waals surface area contributed by atoms with Crippen molar-refractivity contribution >= 4 is 40.7 Å². The van der Waals surface area contributed by atoms with Crippen LogP contribution < -0.4 is 15.4 Å². The maximum atomic E-state index is 6.64. The topological polar surface area (TPSA) is 95.4 Å². The second kappa shape index (κ2) is 8.05. The summed E-state index contributed by atoms with van der Waals surface area (Å²) in [5, 5.41) is 11.7. The van der Waals surface area contributed by atoms with Crippen molar-refractivity contribution in [2.45, 2.75) is 25.0 Å². The molecular formula is C16H20Cl2N6O3. The normalized spacial score (nSPS) is 20.6. The van der Waals surface area contributed by atoms with E-state index in [9.17, 15) is 0 Å². The molecule has 0 amide bonds. The number of anilines is 3. The lowest BCUT2D eigenvalue weighted by atomic mass is 10.1. The van der Waals surface area contributed by atoms with Crippen LogP contribution in [0.5, 0.6) is 5.88 Å². The highest BCUT2D eigenvalue weighted by Gasteiger charge is 2.27. The fraction of sp³-hybridized carbons (Fsp3) is 0.562. The van der Waals surface area contributed by atoms with Gasteiger partial charge in [-0.1, -0.05) is 23.2 Å². The van der Waals surface area contributed by atoms with E-state index in [2.05, 4.69) is 25.7 Å². The summed E-state index contributed by atoms with van der Waals surface area (Å²) in [5.74, 6) is 1.24. The fourth-order valence-electron chi connectivity index (χ4n) is 3.03. The monoisotopic (exact) mass is 414 g/mol. The van der Waals surface area contributed by atoms with Gasteiger partial charge in [0.2, 0.25) is 5.95 Å². The van der Waals surface area contributed by atoms with Gasteiger partial charge >= 0.3 is 0 Å². The Balaban J connectivity index is 1.72. The number of nitrogens with one attached hydrogen (secondary N) is 2. The average Bonchev–Trinajstić information content (AvgIpc) is 2.99. The first kappa shape index (κ1) is 18.5. The van der Waals surface area contributed by atoms with E-state index in [1.54, 1.807) is 11.8 Å². The number of hydrogen-bond acceptors (Lipinski definition) is 8. The van der Waals surface area contributed by atoms with Crippen LogP contribution in [0.4, 0.5) is 17.5 Å². The molecule has 9 nitrogen and oxygen atoms in total. The first-order chi connectivity index (χ1) is 13.2. The number of fused-ring (bicyclic) bond motifs is 3. The Labute approximate surface area is 166 Å². The van der Waals surface area contributed by atoms with E-state index in [1.807, 2.05) is 0 Å². The molecule has 2 aromatic rings. The summed E-state index contributed by atoms with van der Waals surface area (Å²) in [4.78, 5) is 8.63. The molecule has 1 saturated heterocycles. The van der Waals surface area contributed by atoms with E-state index in [0.29, 0.717) is 59.9 Å². The van der Waals surface area contributed by atoms with E-state index in [1.165, 1.54) is 6.20 Å². The molecule has 2 N–H and O–H groups in total. The van der Waals surface area contributed by atoms with E-state index in [-0.39, 0.29) is 12.1 Å². The first-order valence-corrected chi connectivity index (χ1v) is 9.46. The Morgan fingerprint density at radius 1 is 1.30 bits per heavy atom. The van der Waals surface area contributed by atoms with Crippen molar-refractivity contribution in [1.29, 1.82) is 0 Å². The van der Waals surface area contributed by atoms with Crippen molar-refractivity contribution < 1.29 is 14.2 Å². The molecule has 27 heavy (non-hydrogen) atoms. The van der Waals surface area contributed by atoms with Crippen LogP contribution in [0, 0.1) is 0 Å². The molecule has 146 valence electrons. The molecule has 0 aromatic carbocycles. The minimum atomic E-state index is -0.225. The zero-order valence-corrected chi connectivity index (χ0v) is 16.3. The Kier molecular flexibility index (Phi) is 5.53. The molecular weight excluding hydrogens is 395 g/mol. The quantitative estimate of drug-likeness (QED) is 0.773. The molecule has 1 unspecified atom stereocenters. The lowest BCUT2D eigenvalue weighted by Gasteiger charge is -2.22. The smallest absolute Gasteiger partial charge is 0.258 e. The molecule has 0 aliphatic carbocycles. The highest BCUT2D eigenvalue weighted by molar-refractivity contribution is 6.33. The zero-order valence-electron chi connectivity index (χ0n) is 14.7. The predicted molar refractivity (Wildman–Crippen MR) is 101 cm³/mol. The molecule has 2 bridgehead atoms. The number of halogens is 2. The highest BCUT2D eigenvalue weighted by Crippen LogP contribution is 2.38. The molecule has 2 aliphatic heterocycles. The second-order valence-electron chi connectivity index (χ2n) is 6.32. The van der Waals surface area contributed by atoms with Crippen molar-refractivity contribution in [3.05, 3.63) is 16.4 Å². The van der Waals surface area contributed by atoms with Crippen LogP contribution in [0.15, 0.2) is 6.20 Å². The van der Waals surface area contributed by atoms with Gasteiger partial charge in [-0.2, -0.15) is 4.98 Å². The third-order valence-corrected chi connectivity index (χ3v) is 5.21. The SMILES string of the molecule is COC1CNc2nc(ncc2Cl)Nc2c(nn(C3CCOCC3)c2Cl)OC1. The minimum Gasteiger partial charge on any atom is -0.472 e. The van der Waals surface area contributed by atoms with Gasteiger partial charge in [-0.25, -0.2) is 9.67 Å². The van der Waals surface area contributed by atoms with Gasteiger partial charge in [0.15, 0.2) is 11.0 Å². The molecule has 2 aromatic heterocycles. The Hall–Kier alpha value is -1.81. The third-order valence-electron chi connectivity index (χ3n) is 4.57. The molecule has 0 spiro atoms. The van der Waals surface area contributed by atoms with Gasteiger partial charge in [-0.15, -0.1) is 5.10 Å². The van der Waals surface area contributed by atoms with Crippen LogP contribution >= 0.6 is 23.2 Å². The van der Waals surface area contributed by atoms with Gasteiger partial charge in [0, 0.05) is 26.9 Å². The Morgan fingerprint density at radius 2 is 2.11 bits per heavy atom. The summed E-state index contributed by atoms with van der Waals surface area (Å²) in [7, 11) is 1.62. The van der Waals surface area contributed by atoms with Crippen LogP contribution in [-0.4, -0.2) is 59.3 Å². The molecule has 0 saturated carbocycles. The Morgan fingerprint density at radius 3 is 2.89 bits per heavy atom. The van der Waals surface area contributed by atoms with Gasteiger partial charge < -0.3 is 24.8 Å². The van der Waals surface area contributed by atoms with Crippen LogP contribution in [-0.2, 0) is 9.47 Å². The Bertz CT molecular complexity index is 812. The van der Waals surface area contributed by atoms with Crippen molar-refractivity contribution in [3.63, 3.8) is 0 Å². The standard InChI is InChI=1S/C16H20Cl2N6O3/c1-25-10-6-19-14-11(17)7-20-16(22-14)21-12-13(18)24(23-15(12)27-8-10)9-2-4-26-5-3-9/h7,9-10H,2-6,8H2,1H3,(H2,19,20,21,22). The molecule has 0 radical (unpaired) electrons. The molecule has 2 aliphatic rings. The van der Waals surface area contributed by atoms with Crippen LogP contribution in [0.3, 0.4) is 0 Å². The summed E-state index contributed by atoms with van der Waals surface area (Å²) >= 11 is 12.8. The number of aromatic nitrogens is 4. The van der Waals surface area contributed by atoms with Crippen LogP contribution in [0.1, 0.15) is 18.9 Å². The van der Waals surface area contributed by atoms with E-state index in [0.717, 1.165) is 12.8 Å². The zero-order chi connectivity index (χ0) is 18.8. The number of rotatable bonds is 2. The van der Waals surface area contributed by atoms with Crippen LogP contribution in [0.25, 0.3) is 0 Å². The average molecular weight is 415 g/mol. The van der Waals surface area contributed by atoms with Gasteiger partial charge in [-0.05, 0) is 12.8 Å². The molecule has 11 heteroatoms. The maximum Gasteiger partial charge on any atom is 0.258 e. The second-order valence-corrected chi connectivity index (χ2v) is 7.09. The molecule has 1 atom stereocenters. The summed E-state index contributed by atoms with van der Waals surface area (Å²) in [6, 6.07) is 0.152.